The van der Waals surface area contributed by atoms with Crippen molar-refractivity contribution in [2.24, 2.45) is 5.73 Å². The summed E-state index contributed by atoms with van der Waals surface area (Å²) in [5.41, 5.74) is 5.25. The minimum atomic E-state index is -1.18. The summed E-state index contributed by atoms with van der Waals surface area (Å²) >= 11 is 0. The Labute approximate surface area is 183 Å². The molecule has 174 valence electrons. The Balaban J connectivity index is 2.77. The molecule has 1 rings (SSSR count). The molecule has 0 bridgehead atoms. The lowest BCUT2D eigenvalue weighted by molar-refractivity contribution is -0.384. The number of anilines is 1. The second-order valence-corrected chi connectivity index (χ2v) is 7.01. The number of nitrogens with one attached hydrogen (secondary N) is 4. The predicted octanol–water partition coefficient (Wildman–Crippen LogP) is -0.687. The van der Waals surface area contributed by atoms with Gasteiger partial charge in [-0.05, 0) is 32.4 Å². The number of benzene rings is 1. The number of non-ortho nitro benzene ring substituents is 1. The molecule has 13 heteroatoms. The molecule has 0 fully saturated rings. The minimum Gasteiger partial charge on any atom is -0.370 e. The molecule has 1 aromatic rings. The fourth-order valence-electron chi connectivity index (χ4n) is 2.52. The van der Waals surface area contributed by atoms with E-state index < -0.39 is 52.6 Å². The van der Waals surface area contributed by atoms with Gasteiger partial charge in [0.1, 0.15) is 18.1 Å². The van der Waals surface area contributed by atoms with E-state index in [1.165, 1.54) is 45.0 Å². The van der Waals surface area contributed by atoms with Gasteiger partial charge in [0.15, 0.2) is 0 Å². The largest absolute Gasteiger partial charge is 0.370 e. The summed E-state index contributed by atoms with van der Waals surface area (Å²) in [5, 5.41) is 20.4. The van der Waals surface area contributed by atoms with Gasteiger partial charge in [0.2, 0.25) is 29.5 Å². The fourth-order valence-corrected chi connectivity index (χ4v) is 2.52. The molecular weight excluding hydrogens is 424 g/mol. The van der Waals surface area contributed by atoms with Crippen LogP contribution in [-0.2, 0) is 24.0 Å². The maximum absolute atomic E-state index is 12.6. The number of carbonyl (C=O) groups is 5. The number of amides is 5. The maximum atomic E-state index is 12.6. The second kappa shape index (κ2) is 12.0. The van der Waals surface area contributed by atoms with Crippen LogP contribution >= 0.6 is 0 Å². The number of nitro benzene ring substituents is 1. The van der Waals surface area contributed by atoms with Gasteiger partial charge in [-0.1, -0.05) is 0 Å². The third-order valence-corrected chi connectivity index (χ3v) is 4.22. The Morgan fingerprint density at radius 2 is 1.50 bits per heavy atom. The highest BCUT2D eigenvalue weighted by molar-refractivity contribution is 5.98. The van der Waals surface area contributed by atoms with Crippen molar-refractivity contribution >= 4 is 40.9 Å². The summed E-state index contributed by atoms with van der Waals surface area (Å²) in [6.45, 7) is 4.04. The quantitative estimate of drug-likeness (QED) is 0.217. The van der Waals surface area contributed by atoms with Gasteiger partial charge in [-0.15, -0.1) is 0 Å². The molecule has 0 heterocycles. The first-order chi connectivity index (χ1) is 14.9. The standard InChI is InChI=1S/C19H26N6O7/c1-10(21-12(3)26)18(29)24-15(8-9-16(20)27)19(30)22-11(2)17(28)23-13-4-6-14(7-5-13)25(31)32/h4-7,10-11,15H,8-9H2,1-3H3,(H2,20,27)(H,21,26)(H,22,30)(H,23,28)(H,24,29). The number of hydrogen-bond donors (Lipinski definition) is 5. The van der Waals surface area contributed by atoms with Crippen molar-refractivity contribution in [2.45, 2.75) is 51.7 Å². The number of nitrogens with two attached hydrogens (primary N) is 1. The van der Waals surface area contributed by atoms with Crippen LogP contribution in [0.25, 0.3) is 0 Å². The van der Waals surface area contributed by atoms with Gasteiger partial charge >= 0.3 is 0 Å². The first-order valence-corrected chi connectivity index (χ1v) is 9.62. The Morgan fingerprint density at radius 1 is 0.938 bits per heavy atom. The van der Waals surface area contributed by atoms with E-state index in [2.05, 4.69) is 21.3 Å². The molecule has 5 amide bonds. The van der Waals surface area contributed by atoms with Crippen molar-refractivity contribution in [1.29, 1.82) is 0 Å². The average Bonchev–Trinajstić information content (AvgIpc) is 2.70. The van der Waals surface area contributed by atoms with Crippen LogP contribution in [-0.4, -0.2) is 52.6 Å². The Morgan fingerprint density at radius 3 is 2.00 bits per heavy atom. The lowest BCUT2D eigenvalue weighted by Crippen LogP contribution is -2.55. The van der Waals surface area contributed by atoms with Gasteiger partial charge in [-0.25, -0.2) is 0 Å². The summed E-state index contributed by atoms with van der Waals surface area (Å²) in [4.78, 5) is 69.5. The number of nitrogens with zero attached hydrogens (tertiary/aromatic N) is 1. The lowest BCUT2D eigenvalue weighted by Gasteiger charge is -2.22. The molecule has 3 unspecified atom stereocenters. The summed E-state index contributed by atoms with van der Waals surface area (Å²) in [7, 11) is 0. The Bertz CT molecular complexity index is 887. The van der Waals surface area contributed by atoms with Crippen LogP contribution in [0, 0.1) is 10.1 Å². The van der Waals surface area contributed by atoms with E-state index in [4.69, 9.17) is 5.73 Å². The van der Waals surface area contributed by atoms with Crippen molar-refractivity contribution in [3.63, 3.8) is 0 Å². The Kier molecular flexibility index (Phi) is 9.73. The topological polar surface area (TPSA) is 203 Å². The number of rotatable bonds is 11. The van der Waals surface area contributed by atoms with E-state index in [1.54, 1.807) is 0 Å². The normalized spacial score (nSPS) is 13.1. The molecule has 0 saturated heterocycles. The number of nitro groups is 1. The van der Waals surface area contributed by atoms with Gasteiger partial charge in [-0.2, -0.15) is 0 Å². The maximum Gasteiger partial charge on any atom is 0.269 e. The van der Waals surface area contributed by atoms with Crippen LogP contribution in [0.3, 0.4) is 0 Å². The molecule has 6 N–H and O–H groups in total. The second-order valence-electron chi connectivity index (χ2n) is 7.01. The number of hydrogen-bond acceptors (Lipinski definition) is 7. The fraction of sp³-hybridized carbons (Fsp3) is 0.421. The van der Waals surface area contributed by atoms with E-state index in [1.807, 2.05) is 0 Å². The van der Waals surface area contributed by atoms with Crippen molar-refractivity contribution in [1.82, 2.24) is 16.0 Å². The highest BCUT2D eigenvalue weighted by Gasteiger charge is 2.26. The van der Waals surface area contributed by atoms with E-state index in [0.717, 1.165) is 0 Å². The highest BCUT2D eigenvalue weighted by atomic mass is 16.6. The highest BCUT2D eigenvalue weighted by Crippen LogP contribution is 2.15. The summed E-state index contributed by atoms with van der Waals surface area (Å²) in [6, 6.07) is 1.95. The van der Waals surface area contributed by atoms with Crippen molar-refractivity contribution < 1.29 is 28.9 Å². The number of carbonyl (C=O) groups excluding carboxylic acids is 5. The monoisotopic (exact) mass is 450 g/mol. The molecule has 0 aromatic heterocycles. The predicted molar refractivity (Wildman–Crippen MR) is 113 cm³/mol. The molecule has 1 aromatic carbocycles. The van der Waals surface area contributed by atoms with Crippen molar-refractivity contribution in [3.05, 3.63) is 34.4 Å². The lowest BCUT2D eigenvalue weighted by atomic mass is 10.1. The van der Waals surface area contributed by atoms with Crippen molar-refractivity contribution in [3.8, 4) is 0 Å². The summed E-state index contributed by atoms with van der Waals surface area (Å²) in [6.07, 6.45) is -0.313. The van der Waals surface area contributed by atoms with E-state index in [9.17, 15) is 34.1 Å². The van der Waals surface area contributed by atoms with Gasteiger partial charge in [-0.3, -0.25) is 34.1 Å². The van der Waals surface area contributed by atoms with Crippen molar-refractivity contribution in [2.75, 3.05) is 5.32 Å². The molecule has 3 atom stereocenters. The number of primary amides is 1. The molecule has 13 nitrogen and oxygen atoms in total. The minimum absolute atomic E-state index is 0.115. The van der Waals surface area contributed by atoms with Gasteiger partial charge in [0.25, 0.3) is 5.69 Å². The zero-order chi connectivity index (χ0) is 24.4. The SMILES string of the molecule is CC(=O)NC(C)C(=O)NC(CCC(N)=O)C(=O)NC(C)C(=O)Nc1ccc([N+](=O)[O-])cc1. The van der Waals surface area contributed by atoms with Crippen LogP contribution in [0.5, 0.6) is 0 Å². The molecule has 0 radical (unpaired) electrons. The zero-order valence-corrected chi connectivity index (χ0v) is 17.8. The first kappa shape index (κ1) is 26.0. The van der Waals surface area contributed by atoms with Gasteiger partial charge in [0, 0.05) is 31.2 Å². The smallest absolute Gasteiger partial charge is 0.269 e. The van der Waals surface area contributed by atoms with Gasteiger partial charge in [0.05, 0.1) is 4.92 Å². The Hall–Kier alpha value is -4.03. The molecule has 0 saturated carbocycles. The molecule has 32 heavy (non-hydrogen) atoms. The van der Waals surface area contributed by atoms with E-state index in [0.29, 0.717) is 0 Å². The summed E-state index contributed by atoms with van der Waals surface area (Å²) in [5.74, 6) is -3.13. The van der Waals surface area contributed by atoms with Crippen LogP contribution in [0.15, 0.2) is 24.3 Å². The average molecular weight is 450 g/mol. The third-order valence-electron chi connectivity index (χ3n) is 4.22. The molecule has 0 aliphatic rings. The van der Waals surface area contributed by atoms with Gasteiger partial charge < -0.3 is 27.0 Å². The molecular formula is C19H26N6O7. The van der Waals surface area contributed by atoms with Crippen LogP contribution in [0.4, 0.5) is 11.4 Å². The zero-order valence-electron chi connectivity index (χ0n) is 17.8. The van der Waals surface area contributed by atoms with Crippen LogP contribution in [0.2, 0.25) is 0 Å². The van der Waals surface area contributed by atoms with Crippen LogP contribution < -0.4 is 27.0 Å². The van der Waals surface area contributed by atoms with Crippen LogP contribution in [0.1, 0.15) is 33.6 Å². The first-order valence-electron chi connectivity index (χ1n) is 9.62. The van der Waals surface area contributed by atoms with E-state index in [-0.39, 0.29) is 24.2 Å². The third kappa shape index (κ3) is 8.77. The summed E-state index contributed by atoms with van der Waals surface area (Å²) < 4.78 is 0. The molecule has 0 aliphatic heterocycles. The molecule has 0 spiro atoms. The van der Waals surface area contributed by atoms with E-state index >= 15 is 0 Å². The molecule has 0 aliphatic carbocycles.